The predicted molar refractivity (Wildman–Crippen MR) is 71.1 cm³/mol. The maximum Gasteiger partial charge on any atom is 0.249 e. The minimum absolute atomic E-state index is 0.143. The summed E-state index contributed by atoms with van der Waals surface area (Å²) in [6.07, 6.45) is 0.171. The molecule has 98 valence electrons. The molecule has 0 aliphatic rings. The van der Waals surface area contributed by atoms with Crippen LogP contribution in [0, 0.1) is 24.1 Å². The highest BCUT2D eigenvalue weighted by atomic mass is 79.9. The summed E-state index contributed by atoms with van der Waals surface area (Å²) in [6.45, 7) is 3.25. The Morgan fingerprint density at radius 1 is 1.56 bits per heavy atom. The first kappa shape index (κ1) is 14.9. The molecule has 1 rings (SSSR count). The summed E-state index contributed by atoms with van der Waals surface area (Å²) >= 11 is 3.01. The van der Waals surface area contributed by atoms with Crippen LogP contribution in [-0.2, 0) is 10.0 Å². The number of rotatable bonds is 4. The monoisotopic (exact) mass is 334 g/mol. The molecule has 0 heterocycles. The summed E-state index contributed by atoms with van der Waals surface area (Å²) < 4.78 is 39.5. The Morgan fingerprint density at radius 2 is 2.17 bits per heavy atom. The fourth-order valence-electron chi connectivity index (χ4n) is 1.36. The van der Waals surface area contributed by atoms with E-state index >= 15 is 0 Å². The molecule has 0 amide bonds. The normalized spacial score (nSPS) is 12.8. The van der Waals surface area contributed by atoms with Crippen LogP contribution in [0.1, 0.15) is 18.9 Å². The van der Waals surface area contributed by atoms with Crippen LogP contribution in [-0.4, -0.2) is 13.7 Å². The molecular weight excluding hydrogens is 323 g/mol. The molecule has 4 nitrogen and oxygen atoms in total. The minimum atomic E-state index is -3.82. The number of hydrogen-bond acceptors (Lipinski definition) is 3. The lowest BCUT2D eigenvalue weighted by Crippen LogP contribution is -2.26. The Balaban J connectivity index is 3.13. The van der Waals surface area contributed by atoms with E-state index in [1.54, 1.807) is 19.9 Å². The highest BCUT2D eigenvalue weighted by Crippen LogP contribution is 2.25. The van der Waals surface area contributed by atoms with E-state index in [1.165, 1.54) is 6.07 Å². The molecule has 0 aromatic heterocycles. The van der Waals surface area contributed by atoms with Gasteiger partial charge in [-0.05, 0) is 47.0 Å². The molecule has 1 aromatic carbocycles. The Kier molecular flexibility index (Phi) is 4.71. The number of nitrogens with zero attached hydrogens (tertiary/aromatic N) is 1. The van der Waals surface area contributed by atoms with Gasteiger partial charge in [0.05, 0.1) is 16.2 Å². The zero-order valence-electron chi connectivity index (χ0n) is 9.87. The molecule has 0 spiro atoms. The molecule has 0 bridgehead atoms. The molecule has 18 heavy (non-hydrogen) atoms. The van der Waals surface area contributed by atoms with Crippen LogP contribution in [0.15, 0.2) is 16.6 Å². The lowest BCUT2D eigenvalue weighted by atomic mass is 10.2. The van der Waals surface area contributed by atoms with Crippen molar-refractivity contribution in [3.8, 4) is 6.07 Å². The lowest BCUT2D eigenvalue weighted by Gasteiger charge is -2.13. The van der Waals surface area contributed by atoms with E-state index in [9.17, 15) is 12.8 Å². The third-order valence-electron chi connectivity index (χ3n) is 2.41. The predicted octanol–water partition coefficient (Wildman–Crippen LogP) is 2.94. The van der Waals surface area contributed by atoms with Crippen molar-refractivity contribution in [2.24, 2.45) is 0 Å². The molecule has 0 radical (unpaired) electrons. The van der Waals surface area contributed by atoms with Crippen molar-refractivity contribution in [2.75, 3.05) is 4.72 Å². The number of anilines is 1. The number of nitriles is 1. The first-order valence-corrected chi connectivity index (χ1v) is 7.52. The van der Waals surface area contributed by atoms with Gasteiger partial charge in [0.2, 0.25) is 10.0 Å². The van der Waals surface area contributed by atoms with Gasteiger partial charge >= 0.3 is 0 Å². The molecule has 0 saturated heterocycles. The average Bonchev–Trinajstić information content (AvgIpc) is 2.26. The van der Waals surface area contributed by atoms with Crippen LogP contribution in [0.4, 0.5) is 10.1 Å². The van der Waals surface area contributed by atoms with Gasteiger partial charge in [-0.1, -0.05) is 6.92 Å². The maximum atomic E-state index is 13.4. The fourth-order valence-corrected chi connectivity index (χ4v) is 3.06. The van der Waals surface area contributed by atoms with Gasteiger partial charge in [-0.15, -0.1) is 0 Å². The summed E-state index contributed by atoms with van der Waals surface area (Å²) in [7, 11) is -3.82. The highest BCUT2D eigenvalue weighted by molar-refractivity contribution is 9.10. The second kappa shape index (κ2) is 5.67. The molecule has 1 N–H and O–H groups in total. The Morgan fingerprint density at radius 3 is 2.67 bits per heavy atom. The van der Waals surface area contributed by atoms with Crippen LogP contribution in [0.2, 0.25) is 0 Å². The average molecular weight is 335 g/mol. The van der Waals surface area contributed by atoms with E-state index in [-0.39, 0.29) is 16.6 Å². The smallest absolute Gasteiger partial charge is 0.249 e. The van der Waals surface area contributed by atoms with Gasteiger partial charge in [0.15, 0.2) is 5.25 Å². The van der Waals surface area contributed by atoms with Crippen molar-refractivity contribution in [1.29, 1.82) is 5.26 Å². The van der Waals surface area contributed by atoms with Crippen LogP contribution in [0.5, 0.6) is 0 Å². The SMILES string of the molecule is CCC(C#N)S(=O)(=O)Nc1cc(F)c(Br)cc1C. The van der Waals surface area contributed by atoms with Crippen molar-refractivity contribution < 1.29 is 12.8 Å². The molecular formula is C11H12BrFN2O2S. The van der Waals surface area contributed by atoms with Crippen molar-refractivity contribution >= 4 is 31.6 Å². The molecule has 0 aliphatic carbocycles. The van der Waals surface area contributed by atoms with E-state index < -0.39 is 21.1 Å². The fraction of sp³-hybridized carbons (Fsp3) is 0.364. The second-order valence-corrected chi connectivity index (χ2v) is 6.47. The van der Waals surface area contributed by atoms with Gasteiger partial charge in [-0.3, -0.25) is 4.72 Å². The number of sulfonamides is 1. The standard InChI is InChI=1S/C11H12BrFN2O2S/c1-3-8(6-14)18(16,17)15-11-5-10(13)9(12)4-7(11)2/h4-5,8,15H,3H2,1-2H3. The van der Waals surface area contributed by atoms with Gasteiger partial charge in [0.1, 0.15) is 5.82 Å². The third-order valence-corrected chi connectivity index (χ3v) is 4.71. The number of halogens is 2. The zero-order valence-corrected chi connectivity index (χ0v) is 12.3. The topological polar surface area (TPSA) is 70.0 Å². The summed E-state index contributed by atoms with van der Waals surface area (Å²) in [4.78, 5) is 0. The molecule has 0 saturated carbocycles. The van der Waals surface area contributed by atoms with E-state index in [0.29, 0.717) is 5.56 Å². The number of nitrogens with one attached hydrogen (secondary N) is 1. The van der Waals surface area contributed by atoms with Crippen LogP contribution < -0.4 is 4.72 Å². The van der Waals surface area contributed by atoms with Gasteiger partial charge in [-0.2, -0.15) is 5.26 Å². The van der Waals surface area contributed by atoms with E-state index in [1.807, 2.05) is 0 Å². The van der Waals surface area contributed by atoms with E-state index in [4.69, 9.17) is 5.26 Å². The van der Waals surface area contributed by atoms with Crippen LogP contribution >= 0.6 is 15.9 Å². The van der Waals surface area contributed by atoms with Crippen LogP contribution in [0.3, 0.4) is 0 Å². The molecule has 0 aliphatic heterocycles. The van der Waals surface area contributed by atoms with Crippen LogP contribution in [0.25, 0.3) is 0 Å². The Hall–Kier alpha value is -1.13. The van der Waals surface area contributed by atoms with Gasteiger partial charge < -0.3 is 0 Å². The van der Waals surface area contributed by atoms with E-state index in [2.05, 4.69) is 20.7 Å². The summed E-state index contributed by atoms with van der Waals surface area (Å²) in [5, 5.41) is 7.61. The summed E-state index contributed by atoms with van der Waals surface area (Å²) in [6, 6.07) is 4.26. The molecule has 1 atom stereocenters. The largest absolute Gasteiger partial charge is 0.282 e. The van der Waals surface area contributed by atoms with Crippen molar-refractivity contribution in [3.05, 3.63) is 28.0 Å². The first-order valence-electron chi connectivity index (χ1n) is 5.18. The van der Waals surface area contributed by atoms with Gasteiger partial charge in [-0.25, -0.2) is 12.8 Å². The minimum Gasteiger partial charge on any atom is -0.282 e. The number of aryl methyl sites for hydroxylation is 1. The summed E-state index contributed by atoms with van der Waals surface area (Å²) in [5.74, 6) is -0.566. The molecule has 1 aromatic rings. The van der Waals surface area contributed by atoms with Gasteiger partial charge in [0, 0.05) is 0 Å². The van der Waals surface area contributed by atoms with Crippen molar-refractivity contribution in [1.82, 2.24) is 0 Å². The second-order valence-electron chi connectivity index (χ2n) is 3.75. The van der Waals surface area contributed by atoms with Crippen molar-refractivity contribution in [3.63, 3.8) is 0 Å². The molecule has 0 fully saturated rings. The Labute approximate surface area is 114 Å². The Bertz CT molecular complexity index is 596. The first-order chi connectivity index (χ1) is 8.31. The van der Waals surface area contributed by atoms with Crippen molar-refractivity contribution in [2.45, 2.75) is 25.5 Å². The zero-order chi connectivity index (χ0) is 13.9. The summed E-state index contributed by atoms with van der Waals surface area (Å²) in [5.41, 5.74) is 0.712. The number of benzene rings is 1. The molecule has 1 unspecified atom stereocenters. The lowest BCUT2D eigenvalue weighted by molar-refractivity contribution is 0.592. The highest BCUT2D eigenvalue weighted by Gasteiger charge is 2.24. The number of hydrogen-bond donors (Lipinski definition) is 1. The quantitative estimate of drug-likeness (QED) is 0.920. The molecule has 7 heteroatoms. The third kappa shape index (κ3) is 3.21. The van der Waals surface area contributed by atoms with Gasteiger partial charge in [0.25, 0.3) is 0 Å². The maximum absolute atomic E-state index is 13.4. The van der Waals surface area contributed by atoms with E-state index in [0.717, 1.165) is 6.07 Å².